The van der Waals surface area contributed by atoms with Crippen LogP contribution in [0.2, 0.25) is 0 Å². The van der Waals surface area contributed by atoms with Crippen LogP contribution >= 0.6 is 11.8 Å². The molecule has 0 spiro atoms. The molecule has 1 aliphatic heterocycles. The number of carbonyl (C=O) groups excluding carboxylic acids is 2. The second-order valence-electron chi connectivity index (χ2n) is 4.48. The predicted molar refractivity (Wildman–Crippen MR) is 77.4 cm³/mol. The van der Waals surface area contributed by atoms with Gasteiger partial charge < -0.3 is 15.4 Å². The zero-order valence-corrected chi connectivity index (χ0v) is 12.7. The Kier molecular flexibility index (Phi) is 5.02. The van der Waals surface area contributed by atoms with E-state index in [2.05, 4.69) is 10.6 Å². The molecule has 0 aliphatic carbocycles. The number of hydrogen-bond donors (Lipinski definition) is 2. The Bertz CT molecular complexity index is 634. The van der Waals surface area contributed by atoms with Gasteiger partial charge in [0.15, 0.2) is 0 Å². The summed E-state index contributed by atoms with van der Waals surface area (Å²) >= 11 is 0.363. The van der Waals surface area contributed by atoms with Gasteiger partial charge in [-0.05, 0) is 18.6 Å². The first-order valence-corrected chi connectivity index (χ1v) is 7.22. The normalized spacial score (nSPS) is 18.0. The van der Waals surface area contributed by atoms with Crippen LogP contribution in [0.4, 0.5) is 13.6 Å². The fourth-order valence-electron chi connectivity index (χ4n) is 2.23. The number of methoxy groups -OCH3 is 1. The van der Waals surface area contributed by atoms with Crippen LogP contribution < -0.4 is 10.6 Å². The van der Waals surface area contributed by atoms with Gasteiger partial charge in [0.1, 0.15) is 0 Å². The van der Waals surface area contributed by atoms with Gasteiger partial charge in [-0.25, -0.2) is 9.59 Å². The molecule has 2 rings (SSSR count). The van der Waals surface area contributed by atoms with Crippen molar-refractivity contribution in [1.82, 2.24) is 10.6 Å². The lowest BCUT2D eigenvalue weighted by Gasteiger charge is -2.29. The first-order chi connectivity index (χ1) is 10.4. The highest BCUT2D eigenvalue weighted by Crippen LogP contribution is 2.36. The second kappa shape index (κ2) is 6.78. The van der Waals surface area contributed by atoms with Crippen LogP contribution in [0.1, 0.15) is 18.5 Å². The standard InChI is InChI=1S/C14H14F2N2O3S/c1-7-10(12(19)21-2)11(18-14(20)17-7)8-5-3-4-6-9(8)22-13(15)16/h3-6,11,13H,1-2H3,(H2,17,18,20). The summed E-state index contributed by atoms with van der Waals surface area (Å²) in [7, 11) is 1.22. The molecule has 2 amide bonds. The van der Waals surface area contributed by atoms with Crippen molar-refractivity contribution >= 4 is 23.8 Å². The van der Waals surface area contributed by atoms with Crippen molar-refractivity contribution < 1.29 is 23.1 Å². The molecule has 8 heteroatoms. The number of urea groups is 1. The van der Waals surface area contributed by atoms with Crippen LogP contribution in [0.25, 0.3) is 0 Å². The molecule has 0 fully saturated rings. The molecule has 1 unspecified atom stereocenters. The third-order valence-corrected chi connectivity index (χ3v) is 3.92. The molecule has 0 radical (unpaired) electrons. The molecular weight excluding hydrogens is 314 g/mol. The van der Waals surface area contributed by atoms with E-state index < -0.39 is 23.8 Å². The smallest absolute Gasteiger partial charge is 0.337 e. The summed E-state index contributed by atoms with van der Waals surface area (Å²) in [6, 6.07) is 5.03. The molecule has 22 heavy (non-hydrogen) atoms. The quantitative estimate of drug-likeness (QED) is 0.659. The van der Waals surface area contributed by atoms with Gasteiger partial charge in [0.05, 0.1) is 18.7 Å². The summed E-state index contributed by atoms with van der Waals surface area (Å²) in [6.07, 6.45) is 0. The van der Waals surface area contributed by atoms with Gasteiger partial charge in [0, 0.05) is 10.6 Å². The predicted octanol–water partition coefficient (Wildman–Crippen LogP) is 2.80. The molecule has 1 heterocycles. The number of halogens is 2. The maximum absolute atomic E-state index is 12.7. The Balaban J connectivity index is 2.51. The third-order valence-electron chi connectivity index (χ3n) is 3.12. The number of alkyl halides is 2. The highest BCUT2D eigenvalue weighted by atomic mass is 32.2. The lowest BCUT2D eigenvalue weighted by Crippen LogP contribution is -2.45. The maximum Gasteiger partial charge on any atom is 0.337 e. The summed E-state index contributed by atoms with van der Waals surface area (Å²) in [6.45, 7) is 1.56. The lowest BCUT2D eigenvalue weighted by atomic mass is 9.95. The molecule has 5 nitrogen and oxygen atoms in total. The summed E-state index contributed by atoms with van der Waals surface area (Å²) in [5.41, 5.74) is 0.935. The van der Waals surface area contributed by atoms with Gasteiger partial charge in [-0.15, -0.1) is 0 Å². The third kappa shape index (κ3) is 3.38. The van der Waals surface area contributed by atoms with Gasteiger partial charge in [-0.1, -0.05) is 30.0 Å². The number of thioether (sulfide) groups is 1. The topological polar surface area (TPSA) is 67.4 Å². The van der Waals surface area contributed by atoms with Crippen LogP contribution in [0.15, 0.2) is 40.4 Å². The number of rotatable bonds is 4. The van der Waals surface area contributed by atoms with E-state index in [1.165, 1.54) is 13.2 Å². The van der Waals surface area contributed by atoms with Gasteiger partial charge in [-0.2, -0.15) is 8.78 Å². The molecule has 0 bridgehead atoms. The Labute approximate surface area is 130 Å². The monoisotopic (exact) mass is 328 g/mol. The number of amides is 2. The van der Waals surface area contributed by atoms with Gasteiger partial charge >= 0.3 is 12.0 Å². The average Bonchev–Trinajstić information content (AvgIpc) is 2.45. The van der Waals surface area contributed by atoms with E-state index in [9.17, 15) is 18.4 Å². The zero-order chi connectivity index (χ0) is 16.3. The largest absolute Gasteiger partial charge is 0.466 e. The van der Waals surface area contributed by atoms with Crippen molar-refractivity contribution in [2.45, 2.75) is 23.6 Å². The number of esters is 1. The molecule has 1 aromatic carbocycles. The molecule has 2 N–H and O–H groups in total. The fraction of sp³-hybridized carbons (Fsp3) is 0.286. The number of ether oxygens (including phenoxy) is 1. The average molecular weight is 328 g/mol. The van der Waals surface area contributed by atoms with Crippen molar-refractivity contribution in [3.63, 3.8) is 0 Å². The van der Waals surface area contributed by atoms with E-state index in [4.69, 9.17) is 4.74 Å². The first kappa shape index (κ1) is 16.3. The Morgan fingerprint density at radius 1 is 1.36 bits per heavy atom. The zero-order valence-electron chi connectivity index (χ0n) is 11.9. The minimum absolute atomic E-state index is 0.185. The highest BCUT2D eigenvalue weighted by molar-refractivity contribution is 7.99. The molecule has 1 atom stereocenters. The van der Waals surface area contributed by atoms with E-state index in [1.54, 1.807) is 25.1 Å². The summed E-state index contributed by atoms with van der Waals surface area (Å²) in [5.74, 6) is -3.24. The number of benzene rings is 1. The van der Waals surface area contributed by atoms with Crippen LogP contribution in [0.3, 0.4) is 0 Å². The van der Waals surface area contributed by atoms with Crippen molar-refractivity contribution in [2.75, 3.05) is 7.11 Å². The van der Waals surface area contributed by atoms with E-state index in [1.807, 2.05) is 0 Å². The Hall–Kier alpha value is -2.09. The number of hydrogen-bond acceptors (Lipinski definition) is 4. The molecular formula is C14H14F2N2O3S. The lowest BCUT2D eigenvalue weighted by molar-refractivity contribution is -0.136. The fourth-order valence-corrected chi connectivity index (χ4v) is 2.90. The number of carbonyl (C=O) groups is 2. The number of nitrogens with one attached hydrogen (secondary N) is 2. The van der Waals surface area contributed by atoms with Crippen LogP contribution in [0, 0.1) is 0 Å². The van der Waals surface area contributed by atoms with Crippen molar-refractivity contribution in [1.29, 1.82) is 0 Å². The minimum atomic E-state index is -2.61. The number of allylic oxidation sites excluding steroid dienone is 1. The van der Waals surface area contributed by atoms with E-state index >= 15 is 0 Å². The molecule has 1 aliphatic rings. The van der Waals surface area contributed by atoms with Crippen molar-refractivity contribution in [2.24, 2.45) is 0 Å². The molecule has 0 saturated heterocycles. The van der Waals surface area contributed by atoms with Crippen LogP contribution in [-0.2, 0) is 9.53 Å². The summed E-state index contributed by atoms with van der Waals surface area (Å²) < 4.78 is 30.1. The van der Waals surface area contributed by atoms with E-state index in [-0.39, 0.29) is 5.57 Å². The second-order valence-corrected chi connectivity index (χ2v) is 5.51. The molecule has 1 aromatic rings. The first-order valence-electron chi connectivity index (χ1n) is 6.34. The van der Waals surface area contributed by atoms with Crippen molar-refractivity contribution in [3.8, 4) is 0 Å². The molecule has 0 aromatic heterocycles. The van der Waals surface area contributed by atoms with Gasteiger partial charge in [-0.3, -0.25) is 0 Å². The van der Waals surface area contributed by atoms with Gasteiger partial charge in [0.25, 0.3) is 5.76 Å². The Morgan fingerprint density at radius 3 is 2.68 bits per heavy atom. The molecule has 118 valence electrons. The summed E-state index contributed by atoms with van der Waals surface area (Å²) in [5, 5.41) is 5.05. The SMILES string of the molecule is COC(=O)C1=C(C)NC(=O)NC1c1ccccc1SC(F)F. The Morgan fingerprint density at radius 2 is 2.05 bits per heavy atom. The summed E-state index contributed by atoms with van der Waals surface area (Å²) in [4.78, 5) is 23.9. The highest BCUT2D eigenvalue weighted by Gasteiger charge is 2.33. The maximum atomic E-state index is 12.7. The van der Waals surface area contributed by atoms with E-state index in [0.29, 0.717) is 27.9 Å². The molecule has 0 saturated carbocycles. The van der Waals surface area contributed by atoms with Crippen LogP contribution in [-0.4, -0.2) is 24.9 Å². The van der Waals surface area contributed by atoms with Gasteiger partial charge in [0.2, 0.25) is 0 Å². The van der Waals surface area contributed by atoms with E-state index in [0.717, 1.165) is 0 Å². The van der Waals surface area contributed by atoms with Crippen LogP contribution in [0.5, 0.6) is 0 Å². The van der Waals surface area contributed by atoms with Crippen molar-refractivity contribution in [3.05, 3.63) is 41.1 Å². The minimum Gasteiger partial charge on any atom is -0.466 e.